The minimum atomic E-state index is -0.465. The van der Waals surface area contributed by atoms with E-state index in [0.29, 0.717) is 23.2 Å². The number of benzene rings is 2. The highest BCUT2D eigenvalue weighted by molar-refractivity contribution is 9.09. The zero-order valence-electron chi connectivity index (χ0n) is 10.6. The lowest BCUT2D eigenvalue weighted by Gasteiger charge is -2.08. The van der Waals surface area contributed by atoms with E-state index in [1.54, 1.807) is 36.4 Å². The maximum absolute atomic E-state index is 13.5. The minimum Gasteiger partial charge on any atom is -0.493 e. The van der Waals surface area contributed by atoms with Gasteiger partial charge in [0.05, 0.1) is 12.3 Å². The van der Waals surface area contributed by atoms with E-state index < -0.39 is 5.82 Å². The number of rotatable bonds is 5. The van der Waals surface area contributed by atoms with Crippen LogP contribution in [-0.4, -0.2) is 17.8 Å². The van der Waals surface area contributed by atoms with Gasteiger partial charge in [-0.2, -0.15) is 0 Å². The Kier molecular flexibility index (Phi) is 5.12. The summed E-state index contributed by atoms with van der Waals surface area (Å²) >= 11 is 3.26. The summed E-state index contributed by atoms with van der Waals surface area (Å²) in [5, 5.41) is 3.24. The predicted octanol–water partition coefficient (Wildman–Crippen LogP) is 3.85. The molecular formula is C15H13BrFNO2. The summed E-state index contributed by atoms with van der Waals surface area (Å²) in [5.41, 5.74) is 0.574. The number of hydrogen-bond donors (Lipinski definition) is 1. The quantitative estimate of drug-likeness (QED) is 0.841. The van der Waals surface area contributed by atoms with Crippen molar-refractivity contribution >= 4 is 27.5 Å². The topological polar surface area (TPSA) is 38.3 Å². The van der Waals surface area contributed by atoms with Crippen molar-refractivity contribution in [1.82, 2.24) is 0 Å². The summed E-state index contributed by atoms with van der Waals surface area (Å²) in [4.78, 5) is 12.0. The monoisotopic (exact) mass is 337 g/mol. The predicted molar refractivity (Wildman–Crippen MR) is 80.1 cm³/mol. The van der Waals surface area contributed by atoms with E-state index in [2.05, 4.69) is 21.2 Å². The molecule has 0 bridgehead atoms. The molecule has 0 saturated carbocycles. The third-order valence-electron chi connectivity index (χ3n) is 2.56. The lowest BCUT2D eigenvalue weighted by Crippen LogP contribution is -2.13. The van der Waals surface area contributed by atoms with Gasteiger partial charge in [0.2, 0.25) is 0 Å². The molecule has 2 aromatic carbocycles. The van der Waals surface area contributed by atoms with E-state index in [4.69, 9.17) is 4.74 Å². The highest BCUT2D eigenvalue weighted by Gasteiger charge is 2.09. The van der Waals surface area contributed by atoms with Gasteiger partial charge in [0.25, 0.3) is 5.91 Å². The Morgan fingerprint density at radius 3 is 2.75 bits per heavy atom. The van der Waals surface area contributed by atoms with Crippen molar-refractivity contribution in [2.45, 2.75) is 0 Å². The maximum Gasteiger partial charge on any atom is 0.255 e. The van der Waals surface area contributed by atoms with Crippen LogP contribution in [0, 0.1) is 5.82 Å². The Morgan fingerprint density at radius 2 is 2.00 bits per heavy atom. The van der Waals surface area contributed by atoms with E-state index in [1.807, 2.05) is 0 Å². The lowest BCUT2D eigenvalue weighted by atomic mass is 10.2. The molecule has 0 atom stereocenters. The Balaban J connectivity index is 2.11. The highest BCUT2D eigenvalue weighted by Crippen LogP contribution is 2.17. The van der Waals surface area contributed by atoms with Crippen molar-refractivity contribution < 1.29 is 13.9 Å². The molecule has 0 aromatic heterocycles. The van der Waals surface area contributed by atoms with Gasteiger partial charge in [-0.15, -0.1) is 0 Å². The van der Waals surface area contributed by atoms with E-state index in [0.717, 1.165) is 0 Å². The molecule has 2 aromatic rings. The van der Waals surface area contributed by atoms with Crippen LogP contribution in [0.25, 0.3) is 0 Å². The van der Waals surface area contributed by atoms with Crippen molar-refractivity contribution in [3.63, 3.8) is 0 Å². The molecule has 3 nitrogen and oxygen atoms in total. The summed E-state index contributed by atoms with van der Waals surface area (Å²) in [6.07, 6.45) is 0. The summed E-state index contributed by atoms with van der Waals surface area (Å²) < 4.78 is 18.9. The third-order valence-corrected chi connectivity index (χ3v) is 2.89. The van der Waals surface area contributed by atoms with Gasteiger partial charge in [-0.25, -0.2) is 4.39 Å². The molecule has 0 heterocycles. The average molecular weight is 338 g/mol. The van der Waals surface area contributed by atoms with Gasteiger partial charge < -0.3 is 10.1 Å². The molecule has 1 amide bonds. The smallest absolute Gasteiger partial charge is 0.255 e. The van der Waals surface area contributed by atoms with Crippen molar-refractivity contribution in [1.29, 1.82) is 0 Å². The Bertz CT molecular complexity index is 604. The molecule has 20 heavy (non-hydrogen) atoms. The number of para-hydroxylation sites is 1. The number of anilines is 1. The maximum atomic E-state index is 13.5. The molecule has 0 aliphatic heterocycles. The summed E-state index contributed by atoms with van der Waals surface area (Å²) in [6.45, 7) is 0.512. The number of halogens is 2. The average Bonchev–Trinajstić information content (AvgIpc) is 2.48. The Labute approximate surface area is 124 Å². The number of nitrogens with one attached hydrogen (secondary N) is 1. The fourth-order valence-corrected chi connectivity index (χ4v) is 1.80. The molecule has 0 unspecified atom stereocenters. The summed E-state index contributed by atoms with van der Waals surface area (Å²) in [7, 11) is 0. The van der Waals surface area contributed by atoms with Gasteiger partial charge in [-0.05, 0) is 30.3 Å². The first-order chi connectivity index (χ1) is 9.70. The van der Waals surface area contributed by atoms with Gasteiger partial charge in [0.1, 0.15) is 11.6 Å². The molecule has 0 aliphatic carbocycles. The van der Waals surface area contributed by atoms with Gasteiger partial charge in [0.15, 0.2) is 0 Å². The van der Waals surface area contributed by atoms with Crippen LogP contribution < -0.4 is 10.1 Å². The Hall–Kier alpha value is -1.88. The number of carbonyl (C=O) groups excluding carboxylic acids is 1. The standard InChI is InChI=1S/C15H13BrFNO2/c16-8-9-20-12-5-3-4-11(10-12)15(19)18-14-7-2-1-6-13(14)17/h1-7,10H,8-9H2,(H,18,19). The zero-order valence-corrected chi connectivity index (χ0v) is 12.2. The lowest BCUT2D eigenvalue weighted by molar-refractivity contribution is 0.102. The van der Waals surface area contributed by atoms with Crippen LogP contribution in [0.15, 0.2) is 48.5 Å². The van der Waals surface area contributed by atoms with Gasteiger partial charge in [-0.1, -0.05) is 34.1 Å². The van der Waals surface area contributed by atoms with Crippen molar-refractivity contribution in [2.24, 2.45) is 0 Å². The van der Waals surface area contributed by atoms with E-state index in [1.165, 1.54) is 12.1 Å². The molecule has 2 rings (SSSR count). The Morgan fingerprint density at radius 1 is 1.20 bits per heavy atom. The molecule has 5 heteroatoms. The molecule has 0 aliphatic rings. The number of amides is 1. The second kappa shape index (κ2) is 7.05. The molecular weight excluding hydrogens is 325 g/mol. The first-order valence-electron chi connectivity index (χ1n) is 6.05. The van der Waals surface area contributed by atoms with Crippen LogP contribution in [0.5, 0.6) is 5.75 Å². The molecule has 1 N–H and O–H groups in total. The van der Waals surface area contributed by atoms with Gasteiger partial charge in [0, 0.05) is 10.9 Å². The second-order valence-electron chi connectivity index (χ2n) is 4.00. The SMILES string of the molecule is O=C(Nc1ccccc1F)c1cccc(OCCBr)c1. The van der Waals surface area contributed by atoms with Crippen LogP contribution in [0.2, 0.25) is 0 Å². The van der Waals surface area contributed by atoms with Crippen molar-refractivity contribution in [3.8, 4) is 5.75 Å². The highest BCUT2D eigenvalue weighted by atomic mass is 79.9. The fourth-order valence-electron chi connectivity index (χ4n) is 1.64. The first kappa shape index (κ1) is 14.5. The zero-order chi connectivity index (χ0) is 14.4. The molecule has 0 fully saturated rings. The van der Waals surface area contributed by atoms with E-state index in [9.17, 15) is 9.18 Å². The number of alkyl halides is 1. The van der Waals surface area contributed by atoms with Crippen molar-refractivity contribution in [2.75, 3.05) is 17.3 Å². The van der Waals surface area contributed by atoms with Gasteiger partial charge in [-0.3, -0.25) is 4.79 Å². The van der Waals surface area contributed by atoms with Crippen molar-refractivity contribution in [3.05, 3.63) is 59.9 Å². The molecule has 104 valence electrons. The number of carbonyl (C=O) groups is 1. The fraction of sp³-hybridized carbons (Fsp3) is 0.133. The number of hydrogen-bond acceptors (Lipinski definition) is 2. The largest absolute Gasteiger partial charge is 0.493 e. The van der Waals surface area contributed by atoms with Crippen LogP contribution in [0.1, 0.15) is 10.4 Å². The second-order valence-corrected chi connectivity index (χ2v) is 4.79. The third kappa shape index (κ3) is 3.81. The van der Waals surface area contributed by atoms with Crippen LogP contribution in [0.3, 0.4) is 0 Å². The molecule has 0 saturated heterocycles. The first-order valence-corrected chi connectivity index (χ1v) is 7.17. The normalized spacial score (nSPS) is 10.1. The summed E-state index contributed by atoms with van der Waals surface area (Å²) in [6, 6.07) is 12.8. The van der Waals surface area contributed by atoms with Crippen LogP contribution in [-0.2, 0) is 0 Å². The van der Waals surface area contributed by atoms with Gasteiger partial charge >= 0.3 is 0 Å². The number of ether oxygens (including phenoxy) is 1. The van der Waals surface area contributed by atoms with Crippen LogP contribution in [0.4, 0.5) is 10.1 Å². The van der Waals surface area contributed by atoms with E-state index >= 15 is 0 Å². The van der Waals surface area contributed by atoms with E-state index in [-0.39, 0.29) is 11.6 Å². The molecule has 0 spiro atoms. The van der Waals surface area contributed by atoms with Crippen LogP contribution >= 0.6 is 15.9 Å². The summed E-state index contributed by atoms with van der Waals surface area (Å²) in [5.74, 6) is -0.238. The molecule has 0 radical (unpaired) electrons. The minimum absolute atomic E-state index is 0.157.